The number of para-hydroxylation sites is 1. The molecule has 5 nitrogen and oxygen atoms in total. The Bertz CT molecular complexity index is 1440. The first-order valence-corrected chi connectivity index (χ1v) is 11.5. The number of fused-ring (bicyclic) bond motifs is 2. The molecule has 166 valence electrons. The van der Waals surface area contributed by atoms with E-state index >= 15 is 0 Å². The minimum Gasteiger partial charge on any atom is -0.312 e. The van der Waals surface area contributed by atoms with Crippen LogP contribution in [0.2, 0.25) is 0 Å². The van der Waals surface area contributed by atoms with Gasteiger partial charge in [0.25, 0.3) is 5.56 Å². The molecular weight excluding hydrogens is 410 g/mol. The zero-order chi connectivity index (χ0) is 23.1. The molecule has 1 aliphatic heterocycles. The van der Waals surface area contributed by atoms with E-state index in [0.717, 1.165) is 34.5 Å². The number of aromatic nitrogens is 2. The molecule has 0 fully saturated rings. The molecule has 0 saturated heterocycles. The van der Waals surface area contributed by atoms with E-state index in [1.54, 1.807) is 4.57 Å². The second-order valence-electron chi connectivity index (χ2n) is 8.83. The maximum Gasteiger partial charge on any atom is 0.265 e. The molecule has 0 unspecified atom stereocenters. The quantitative estimate of drug-likeness (QED) is 0.437. The molecule has 3 aromatic carbocycles. The van der Waals surface area contributed by atoms with Gasteiger partial charge in [0.05, 0.1) is 22.5 Å². The monoisotopic (exact) mass is 437 g/mol. The van der Waals surface area contributed by atoms with Crippen molar-refractivity contribution < 1.29 is 4.79 Å². The summed E-state index contributed by atoms with van der Waals surface area (Å²) >= 11 is 0. The maximum absolute atomic E-state index is 13.6. The van der Waals surface area contributed by atoms with Gasteiger partial charge in [-0.15, -0.1) is 0 Å². The van der Waals surface area contributed by atoms with Gasteiger partial charge in [-0.1, -0.05) is 48.9 Å². The first-order valence-electron chi connectivity index (χ1n) is 11.5. The molecule has 0 saturated carbocycles. The van der Waals surface area contributed by atoms with Crippen molar-refractivity contribution in [2.75, 3.05) is 11.4 Å². The van der Waals surface area contributed by atoms with Crippen LogP contribution in [0.25, 0.3) is 16.6 Å². The van der Waals surface area contributed by atoms with Crippen LogP contribution in [-0.4, -0.2) is 22.0 Å². The number of hydrogen-bond donors (Lipinski definition) is 0. The zero-order valence-corrected chi connectivity index (χ0v) is 19.2. The van der Waals surface area contributed by atoms with Crippen LogP contribution in [0.15, 0.2) is 71.5 Å². The fourth-order valence-electron chi connectivity index (χ4n) is 4.82. The van der Waals surface area contributed by atoms with Gasteiger partial charge in [0.15, 0.2) is 0 Å². The fourth-order valence-corrected chi connectivity index (χ4v) is 4.82. The summed E-state index contributed by atoms with van der Waals surface area (Å²) in [6.45, 7) is 6.81. The Morgan fingerprint density at radius 1 is 0.909 bits per heavy atom. The van der Waals surface area contributed by atoms with E-state index in [2.05, 4.69) is 13.0 Å². The van der Waals surface area contributed by atoms with E-state index in [-0.39, 0.29) is 17.4 Å². The number of carbonyl (C=O) groups excluding carboxylic acids is 1. The average molecular weight is 438 g/mol. The normalized spacial score (nSPS) is 15.3. The Kier molecular flexibility index (Phi) is 5.33. The summed E-state index contributed by atoms with van der Waals surface area (Å²) in [5.41, 5.74) is 5.49. The predicted octanol–water partition coefficient (Wildman–Crippen LogP) is 5.09. The summed E-state index contributed by atoms with van der Waals surface area (Å²) in [6.07, 6.45) is 1.25. The van der Waals surface area contributed by atoms with Gasteiger partial charge in [-0.2, -0.15) is 0 Å². The summed E-state index contributed by atoms with van der Waals surface area (Å²) in [7, 11) is 0. The van der Waals surface area contributed by atoms with Crippen molar-refractivity contribution in [1.29, 1.82) is 0 Å². The molecule has 0 N–H and O–H groups in total. The molecule has 1 atom stereocenters. The van der Waals surface area contributed by atoms with Crippen LogP contribution >= 0.6 is 0 Å². The molecule has 2 heterocycles. The number of amides is 1. The Morgan fingerprint density at radius 2 is 1.70 bits per heavy atom. The third-order valence-corrected chi connectivity index (χ3v) is 6.35. The SMILES string of the molecule is CCCN1C(=O)[C@H](Cc2nc3ccccc3c(=O)n2-c2cccc(C)c2)c2cc(C)ccc21. The van der Waals surface area contributed by atoms with Gasteiger partial charge in [-0.05, 0) is 61.7 Å². The molecule has 4 aromatic rings. The lowest BCUT2D eigenvalue weighted by molar-refractivity contribution is -0.119. The highest BCUT2D eigenvalue weighted by atomic mass is 16.2. The van der Waals surface area contributed by atoms with Crippen molar-refractivity contribution in [1.82, 2.24) is 9.55 Å². The van der Waals surface area contributed by atoms with E-state index < -0.39 is 0 Å². The molecular formula is C28H27N3O2. The Labute approximate surface area is 193 Å². The fraction of sp³-hybridized carbons (Fsp3) is 0.250. The summed E-state index contributed by atoms with van der Waals surface area (Å²) in [5.74, 6) is 0.319. The highest BCUT2D eigenvalue weighted by molar-refractivity contribution is 6.05. The van der Waals surface area contributed by atoms with Gasteiger partial charge >= 0.3 is 0 Å². The summed E-state index contributed by atoms with van der Waals surface area (Å²) in [6, 6.07) is 21.5. The summed E-state index contributed by atoms with van der Waals surface area (Å²) < 4.78 is 1.68. The van der Waals surface area contributed by atoms with Crippen LogP contribution in [0.4, 0.5) is 5.69 Å². The second kappa shape index (κ2) is 8.32. The topological polar surface area (TPSA) is 55.2 Å². The van der Waals surface area contributed by atoms with Crippen LogP contribution in [0.1, 0.15) is 41.8 Å². The van der Waals surface area contributed by atoms with Crippen LogP contribution in [-0.2, 0) is 11.2 Å². The zero-order valence-electron chi connectivity index (χ0n) is 19.2. The molecule has 1 aromatic heterocycles. The van der Waals surface area contributed by atoms with E-state index in [4.69, 9.17) is 4.98 Å². The molecule has 0 radical (unpaired) electrons. The van der Waals surface area contributed by atoms with Gasteiger partial charge < -0.3 is 4.90 Å². The first-order chi connectivity index (χ1) is 16.0. The van der Waals surface area contributed by atoms with Crippen molar-refractivity contribution in [3.05, 3.63) is 99.6 Å². The minimum absolute atomic E-state index is 0.0793. The Balaban J connectivity index is 1.70. The van der Waals surface area contributed by atoms with Crippen molar-refractivity contribution >= 4 is 22.5 Å². The number of anilines is 1. The van der Waals surface area contributed by atoms with Crippen molar-refractivity contribution in [3.8, 4) is 5.69 Å². The third kappa shape index (κ3) is 3.63. The highest BCUT2D eigenvalue weighted by Crippen LogP contribution is 2.39. The Hall–Kier alpha value is -3.73. The van der Waals surface area contributed by atoms with E-state index in [0.29, 0.717) is 29.7 Å². The van der Waals surface area contributed by atoms with Gasteiger partial charge in [0, 0.05) is 18.7 Å². The lowest BCUT2D eigenvalue weighted by Gasteiger charge is -2.18. The molecule has 1 aliphatic rings. The summed E-state index contributed by atoms with van der Waals surface area (Å²) in [4.78, 5) is 33.9. The van der Waals surface area contributed by atoms with Gasteiger partial charge in [0.1, 0.15) is 5.82 Å². The van der Waals surface area contributed by atoms with E-state index in [1.165, 1.54) is 0 Å². The van der Waals surface area contributed by atoms with E-state index in [9.17, 15) is 9.59 Å². The number of hydrogen-bond acceptors (Lipinski definition) is 3. The number of aryl methyl sites for hydroxylation is 2. The predicted molar refractivity (Wildman–Crippen MR) is 132 cm³/mol. The van der Waals surface area contributed by atoms with Gasteiger partial charge in [-0.3, -0.25) is 14.2 Å². The van der Waals surface area contributed by atoms with Crippen molar-refractivity contribution in [2.45, 2.75) is 39.5 Å². The Morgan fingerprint density at radius 3 is 2.48 bits per heavy atom. The number of carbonyl (C=O) groups is 1. The van der Waals surface area contributed by atoms with Crippen molar-refractivity contribution in [2.24, 2.45) is 0 Å². The lowest BCUT2D eigenvalue weighted by atomic mass is 9.95. The summed E-state index contributed by atoms with van der Waals surface area (Å²) in [5, 5.41) is 0.573. The molecule has 5 rings (SSSR count). The standard InChI is InChI=1S/C28H27N3O2/c1-4-14-30-25-13-12-19(3)16-22(25)23(27(30)32)17-26-29-24-11-6-5-10-21(24)28(33)31(26)20-9-7-8-18(2)15-20/h5-13,15-16,23H,4,14,17H2,1-3H3/t23-/m1/s1. The minimum atomic E-state index is -0.365. The van der Waals surface area contributed by atoms with Crippen LogP contribution in [0, 0.1) is 13.8 Å². The van der Waals surface area contributed by atoms with Crippen LogP contribution in [0.3, 0.4) is 0 Å². The molecule has 5 heteroatoms. The number of nitrogens with zero attached hydrogens (tertiary/aromatic N) is 3. The van der Waals surface area contributed by atoms with Gasteiger partial charge in [0.2, 0.25) is 5.91 Å². The van der Waals surface area contributed by atoms with Gasteiger partial charge in [-0.25, -0.2) is 4.98 Å². The third-order valence-electron chi connectivity index (χ3n) is 6.35. The van der Waals surface area contributed by atoms with Crippen molar-refractivity contribution in [3.63, 3.8) is 0 Å². The maximum atomic E-state index is 13.6. The smallest absolute Gasteiger partial charge is 0.265 e. The average Bonchev–Trinajstić information content (AvgIpc) is 3.05. The highest BCUT2D eigenvalue weighted by Gasteiger charge is 2.37. The van der Waals surface area contributed by atoms with Crippen LogP contribution in [0.5, 0.6) is 0 Å². The second-order valence-corrected chi connectivity index (χ2v) is 8.83. The first kappa shape index (κ1) is 21.1. The molecule has 33 heavy (non-hydrogen) atoms. The number of benzene rings is 3. The van der Waals surface area contributed by atoms with E-state index in [1.807, 2.05) is 79.4 Å². The largest absolute Gasteiger partial charge is 0.312 e. The molecule has 0 bridgehead atoms. The van der Waals surface area contributed by atoms with Crippen LogP contribution < -0.4 is 10.5 Å². The molecule has 0 aliphatic carbocycles. The molecule has 0 spiro atoms. The lowest BCUT2D eigenvalue weighted by Crippen LogP contribution is -2.31. The number of rotatable bonds is 5. The molecule has 1 amide bonds.